The number of fused-ring (bicyclic) bond motifs is 3. The molecule has 180 valence electrons. The summed E-state index contributed by atoms with van der Waals surface area (Å²) < 4.78 is 5.64. The van der Waals surface area contributed by atoms with Gasteiger partial charge in [-0.1, -0.05) is 68.3 Å². The van der Waals surface area contributed by atoms with Crippen molar-refractivity contribution in [1.82, 2.24) is 10.6 Å². The topological polar surface area (TPSA) is 105 Å². The lowest BCUT2D eigenvalue weighted by molar-refractivity contribution is -0.138. The number of aliphatic carboxylic acids is 1. The van der Waals surface area contributed by atoms with E-state index in [4.69, 9.17) is 9.84 Å². The second-order valence-corrected chi connectivity index (χ2v) is 9.23. The Bertz CT molecular complexity index is 1010. The number of carbonyl (C=O) groups is 3. The minimum absolute atomic E-state index is 0.0129. The largest absolute Gasteiger partial charge is 0.481 e. The first-order valence-corrected chi connectivity index (χ1v) is 12.1. The number of nitrogens with one attached hydrogen (secondary N) is 2. The van der Waals surface area contributed by atoms with Gasteiger partial charge in [-0.2, -0.15) is 0 Å². The van der Waals surface area contributed by atoms with Crippen molar-refractivity contribution in [2.45, 2.75) is 51.0 Å². The summed E-state index contributed by atoms with van der Waals surface area (Å²) in [5, 5.41) is 14.8. The van der Waals surface area contributed by atoms with Gasteiger partial charge in [0, 0.05) is 24.9 Å². The zero-order valence-corrected chi connectivity index (χ0v) is 19.5. The Morgan fingerprint density at radius 2 is 1.68 bits per heavy atom. The molecule has 0 radical (unpaired) electrons. The first-order valence-electron chi connectivity index (χ1n) is 12.1. The molecule has 7 heteroatoms. The van der Waals surface area contributed by atoms with Crippen molar-refractivity contribution >= 4 is 18.0 Å². The summed E-state index contributed by atoms with van der Waals surface area (Å²) in [5.41, 5.74) is 4.66. The lowest BCUT2D eigenvalue weighted by Gasteiger charge is -2.22. The fourth-order valence-electron chi connectivity index (χ4n) is 5.22. The van der Waals surface area contributed by atoms with Gasteiger partial charge in [-0.05, 0) is 41.0 Å². The number of rotatable bonds is 9. The van der Waals surface area contributed by atoms with Crippen molar-refractivity contribution in [3.8, 4) is 11.1 Å². The predicted molar refractivity (Wildman–Crippen MR) is 128 cm³/mol. The van der Waals surface area contributed by atoms with Crippen LogP contribution in [-0.4, -0.2) is 42.3 Å². The third kappa shape index (κ3) is 5.24. The smallest absolute Gasteiger partial charge is 0.407 e. The van der Waals surface area contributed by atoms with E-state index in [0.29, 0.717) is 25.8 Å². The molecule has 3 N–H and O–H groups in total. The molecule has 2 aromatic rings. The van der Waals surface area contributed by atoms with E-state index in [0.717, 1.165) is 17.5 Å². The SMILES string of the molecule is CCC(CNC(=O)[C@H]1CCC[C@H]1NC(=O)OCC1c2ccccc2-c2ccccc21)CC(=O)O. The predicted octanol–water partition coefficient (Wildman–Crippen LogP) is 4.31. The first-order chi connectivity index (χ1) is 16.5. The summed E-state index contributed by atoms with van der Waals surface area (Å²) in [6, 6.07) is 16.1. The summed E-state index contributed by atoms with van der Waals surface area (Å²) >= 11 is 0. The number of ether oxygens (including phenoxy) is 1. The van der Waals surface area contributed by atoms with Gasteiger partial charge in [0.25, 0.3) is 0 Å². The molecule has 7 nitrogen and oxygen atoms in total. The number of hydrogen-bond donors (Lipinski definition) is 3. The van der Waals surface area contributed by atoms with Crippen molar-refractivity contribution < 1.29 is 24.2 Å². The molecular weight excluding hydrogens is 432 g/mol. The number of hydrogen-bond acceptors (Lipinski definition) is 4. The van der Waals surface area contributed by atoms with Crippen LogP contribution in [0.4, 0.5) is 4.79 Å². The summed E-state index contributed by atoms with van der Waals surface area (Å²) in [6.45, 7) is 2.48. The normalized spacial score (nSPS) is 19.7. The number of alkyl carbamates (subject to hydrolysis) is 1. The lowest BCUT2D eigenvalue weighted by atomic mass is 9.98. The zero-order chi connectivity index (χ0) is 24.1. The molecule has 0 spiro atoms. The molecule has 2 amide bonds. The molecule has 0 bridgehead atoms. The molecule has 0 aromatic heterocycles. The van der Waals surface area contributed by atoms with E-state index in [2.05, 4.69) is 34.9 Å². The van der Waals surface area contributed by atoms with Crippen molar-refractivity contribution in [3.05, 3.63) is 59.7 Å². The molecule has 4 rings (SSSR count). The second kappa shape index (κ2) is 10.7. The highest BCUT2D eigenvalue weighted by Gasteiger charge is 2.35. The van der Waals surface area contributed by atoms with Gasteiger partial charge < -0.3 is 20.5 Å². The van der Waals surface area contributed by atoms with Crippen LogP contribution in [0.1, 0.15) is 56.1 Å². The quantitative estimate of drug-likeness (QED) is 0.513. The van der Waals surface area contributed by atoms with Gasteiger partial charge in [-0.25, -0.2) is 4.79 Å². The van der Waals surface area contributed by atoms with Gasteiger partial charge in [0.05, 0.1) is 5.92 Å². The van der Waals surface area contributed by atoms with E-state index in [9.17, 15) is 14.4 Å². The lowest BCUT2D eigenvalue weighted by Crippen LogP contribution is -2.45. The van der Waals surface area contributed by atoms with Gasteiger partial charge in [0.1, 0.15) is 6.61 Å². The van der Waals surface area contributed by atoms with Crippen LogP contribution in [0.5, 0.6) is 0 Å². The molecular formula is C27H32N2O5. The van der Waals surface area contributed by atoms with Gasteiger partial charge in [0.2, 0.25) is 5.91 Å². The highest BCUT2D eigenvalue weighted by molar-refractivity contribution is 5.81. The van der Waals surface area contributed by atoms with Crippen LogP contribution in [0.2, 0.25) is 0 Å². The third-order valence-electron chi connectivity index (χ3n) is 7.11. The van der Waals surface area contributed by atoms with Gasteiger partial charge in [-0.15, -0.1) is 0 Å². The Morgan fingerprint density at radius 1 is 1.03 bits per heavy atom. The number of carboxylic acids is 1. The minimum atomic E-state index is -0.864. The minimum Gasteiger partial charge on any atom is -0.481 e. The standard InChI is InChI=1S/C27H32N2O5/c1-2-17(14-25(30)31)15-28-26(32)22-12-7-13-24(22)29-27(33)34-16-23-20-10-5-3-8-18(20)19-9-4-6-11-21(19)23/h3-6,8-11,17,22-24H,2,7,12-16H2,1H3,(H,28,32)(H,29,33)(H,30,31)/t17?,22-,24+/m0/s1. The van der Waals surface area contributed by atoms with Crippen LogP contribution in [0.3, 0.4) is 0 Å². The molecule has 2 aromatic carbocycles. The molecule has 0 aliphatic heterocycles. The summed E-state index contributed by atoms with van der Waals surface area (Å²) in [4.78, 5) is 36.3. The van der Waals surface area contributed by atoms with E-state index in [1.807, 2.05) is 31.2 Å². The fourth-order valence-corrected chi connectivity index (χ4v) is 5.22. The first kappa shape index (κ1) is 23.8. The van der Waals surface area contributed by atoms with Crippen molar-refractivity contribution in [3.63, 3.8) is 0 Å². The van der Waals surface area contributed by atoms with Crippen LogP contribution in [0, 0.1) is 11.8 Å². The number of amides is 2. The Balaban J connectivity index is 1.32. The van der Waals surface area contributed by atoms with E-state index in [1.54, 1.807) is 0 Å². The molecule has 0 saturated heterocycles. The van der Waals surface area contributed by atoms with Gasteiger partial charge >= 0.3 is 12.1 Å². The maximum absolute atomic E-state index is 12.7. The van der Waals surface area contributed by atoms with Gasteiger partial charge in [0.15, 0.2) is 0 Å². The molecule has 1 unspecified atom stereocenters. The summed E-state index contributed by atoms with van der Waals surface area (Å²) in [5.74, 6) is -1.44. The Kier molecular flexibility index (Phi) is 7.50. The highest BCUT2D eigenvalue weighted by Crippen LogP contribution is 2.44. The summed E-state index contributed by atoms with van der Waals surface area (Å²) in [6.07, 6.45) is 2.45. The molecule has 0 heterocycles. The Labute approximate surface area is 199 Å². The third-order valence-corrected chi connectivity index (χ3v) is 7.11. The molecule has 34 heavy (non-hydrogen) atoms. The molecule has 3 atom stereocenters. The maximum Gasteiger partial charge on any atom is 0.407 e. The zero-order valence-electron chi connectivity index (χ0n) is 19.5. The molecule has 1 fully saturated rings. The molecule has 2 aliphatic carbocycles. The maximum atomic E-state index is 12.7. The monoisotopic (exact) mass is 464 g/mol. The van der Waals surface area contributed by atoms with E-state index in [-0.39, 0.29) is 42.7 Å². The Hall–Kier alpha value is -3.35. The van der Waals surface area contributed by atoms with E-state index < -0.39 is 12.1 Å². The average molecular weight is 465 g/mol. The van der Waals surface area contributed by atoms with E-state index >= 15 is 0 Å². The summed E-state index contributed by atoms with van der Waals surface area (Å²) in [7, 11) is 0. The number of carboxylic acid groups (broad SMARTS) is 1. The highest BCUT2D eigenvalue weighted by atomic mass is 16.5. The van der Waals surface area contributed by atoms with Crippen LogP contribution >= 0.6 is 0 Å². The molecule has 2 aliphatic rings. The van der Waals surface area contributed by atoms with Crippen molar-refractivity contribution in [2.24, 2.45) is 11.8 Å². The second-order valence-electron chi connectivity index (χ2n) is 9.23. The fraction of sp³-hybridized carbons (Fsp3) is 0.444. The average Bonchev–Trinajstić information content (AvgIpc) is 3.42. The number of carbonyl (C=O) groups excluding carboxylic acids is 2. The van der Waals surface area contributed by atoms with Crippen molar-refractivity contribution in [1.29, 1.82) is 0 Å². The van der Waals surface area contributed by atoms with Crippen LogP contribution < -0.4 is 10.6 Å². The van der Waals surface area contributed by atoms with Crippen LogP contribution in [0.25, 0.3) is 11.1 Å². The molecule has 1 saturated carbocycles. The van der Waals surface area contributed by atoms with Crippen molar-refractivity contribution in [2.75, 3.05) is 13.2 Å². The van der Waals surface area contributed by atoms with Crippen LogP contribution in [0.15, 0.2) is 48.5 Å². The Morgan fingerprint density at radius 3 is 2.29 bits per heavy atom. The van der Waals surface area contributed by atoms with E-state index in [1.165, 1.54) is 11.1 Å². The van der Waals surface area contributed by atoms with Crippen LogP contribution in [-0.2, 0) is 14.3 Å². The van der Waals surface area contributed by atoms with Gasteiger partial charge in [-0.3, -0.25) is 9.59 Å². The number of benzene rings is 2.